The van der Waals surface area contributed by atoms with Gasteiger partial charge in [0, 0.05) is 18.0 Å². The Morgan fingerprint density at radius 1 is 1.18 bits per heavy atom. The first-order valence-corrected chi connectivity index (χ1v) is 13.2. The van der Waals surface area contributed by atoms with E-state index in [1.165, 1.54) is 27.8 Å². The van der Waals surface area contributed by atoms with Gasteiger partial charge in [-0.3, -0.25) is 4.79 Å². The summed E-state index contributed by atoms with van der Waals surface area (Å²) >= 11 is 1.39. The van der Waals surface area contributed by atoms with E-state index in [0.29, 0.717) is 29.2 Å². The molecule has 8 nitrogen and oxygen atoms in total. The number of thiophene rings is 1. The summed E-state index contributed by atoms with van der Waals surface area (Å²) in [5.41, 5.74) is 2.09. The number of esters is 1. The number of carbonyl (C=O) groups excluding carboxylic acids is 2. The zero-order chi connectivity index (χ0) is 23.6. The number of nitrogens with zero attached hydrogens (tertiary/aromatic N) is 2. The molecule has 1 aromatic carbocycles. The zero-order valence-corrected chi connectivity index (χ0v) is 20.0. The molecule has 0 radical (unpaired) electrons. The fourth-order valence-electron chi connectivity index (χ4n) is 4.24. The van der Waals surface area contributed by atoms with Gasteiger partial charge >= 0.3 is 5.97 Å². The fourth-order valence-corrected chi connectivity index (χ4v) is 7.26. The molecule has 2 aliphatic rings. The second-order valence-electron chi connectivity index (χ2n) is 8.24. The summed E-state index contributed by atoms with van der Waals surface area (Å²) in [6, 6.07) is 6.53. The molecule has 1 aromatic heterocycles. The lowest BCUT2D eigenvalue weighted by Crippen LogP contribution is -2.36. The minimum atomic E-state index is -3.71. The molecule has 0 unspecified atom stereocenters. The minimum absolute atomic E-state index is 0.0665. The Kier molecular flexibility index (Phi) is 6.83. The summed E-state index contributed by atoms with van der Waals surface area (Å²) in [6.07, 6.45) is 5.37. The molecule has 1 saturated heterocycles. The van der Waals surface area contributed by atoms with Crippen LogP contribution < -0.4 is 5.32 Å². The van der Waals surface area contributed by atoms with Crippen molar-refractivity contribution in [2.24, 2.45) is 0 Å². The molecule has 33 heavy (non-hydrogen) atoms. The van der Waals surface area contributed by atoms with Crippen LogP contribution in [0.2, 0.25) is 0 Å². The number of aryl methyl sites for hydroxylation is 2. The topological polar surface area (TPSA) is 117 Å². The Morgan fingerprint density at radius 2 is 1.94 bits per heavy atom. The highest BCUT2D eigenvalue weighted by molar-refractivity contribution is 7.89. The van der Waals surface area contributed by atoms with Gasteiger partial charge in [-0.1, -0.05) is 12.5 Å². The average Bonchev–Trinajstić information content (AvgIpc) is 3.39. The summed E-state index contributed by atoms with van der Waals surface area (Å²) in [7, 11) is -3.71. The Hall–Kier alpha value is -2.74. The van der Waals surface area contributed by atoms with Crippen molar-refractivity contribution in [3.05, 3.63) is 45.3 Å². The van der Waals surface area contributed by atoms with Crippen molar-refractivity contribution < 1.29 is 22.7 Å². The number of benzene rings is 1. The molecule has 2 heterocycles. The molecule has 10 heteroatoms. The van der Waals surface area contributed by atoms with E-state index >= 15 is 0 Å². The highest BCUT2D eigenvalue weighted by Gasteiger charge is 2.28. The molecule has 0 spiro atoms. The molecule has 0 saturated carbocycles. The van der Waals surface area contributed by atoms with Gasteiger partial charge in [0.25, 0.3) is 5.91 Å². The normalized spacial score (nSPS) is 16.1. The van der Waals surface area contributed by atoms with Crippen molar-refractivity contribution in [1.82, 2.24) is 4.31 Å². The van der Waals surface area contributed by atoms with Gasteiger partial charge in [0.2, 0.25) is 10.0 Å². The lowest BCUT2D eigenvalue weighted by atomic mass is 10.1. The van der Waals surface area contributed by atoms with Gasteiger partial charge < -0.3 is 10.1 Å². The summed E-state index contributed by atoms with van der Waals surface area (Å²) in [6.45, 7) is 2.08. The van der Waals surface area contributed by atoms with Gasteiger partial charge in [-0.05, 0) is 62.3 Å². The maximum Gasteiger partial charge on any atom is 0.338 e. The number of hydrogen-bond donors (Lipinski definition) is 1. The lowest BCUT2D eigenvalue weighted by Gasteiger charge is -2.26. The Balaban J connectivity index is 1.42. The predicted molar refractivity (Wildman–Crippen MR) is 124 cm³/mol. The number of carbonyl (C=O) groups is 2. The Bertz CT molecular complexity index is 1240. The van der Waals surface area contributed by atoms with Crippen LogP contribution in [0, 0.1) is 18.3 Å². The first kappa shape index (κ1) is 23.4. The van der Waals surface area contributed by atoms with Crippen molar-refractivity contribution in [2.75, 3.05) is 25.0 Å². The average molecular weight is 488 g/mol. The summed E-state index contributed by atoms with van der Waals surface area (Å²) in [5.74, 6) is -1.33. The van der Waals surface area contributed by atoms with Crippen molar-refractivity contribution in [1.29, 1.82) is 5.26 Å². The number of sulfonamides is 1. The largest absolute Gasteiger partial charge is 0.452 e. The van der Waals surface area contributed by atoms with E-state index in [9.17, 15) is 23.3 Å². The van der Waals surface area contributed by atoms with Gasteiger partial charge in [-0.15, -0.1) is 11.3 Å². The third kappa shape index (κ3) is 4.81. The van der Waals surface area contributed by atoms with E-state index in [-0.39, 0.29) is 10.5 Å². The van der Waals surface area contributed by atoms with Gasteiger partial charge in [-0.2, -0.15) is 9.57 Å². The molecular formula is C23H25N3O5S2. The van der Waals surface area contributed by atoms with Crippen LogP contribution in [-0.2, 0) is 32.4 Å². The number of anilines is 1. The van der Waals surface area contributed by atoms with Gasteiger partial charge in [0.05, 0.1) is 16.0 Å². The number of hydrogen-bond acceptors (Lipinski definition) is 7. The predicted octanol–water partition coefficient (Wildman–Crippen LogP) is 3.39. The number of piperidine rings is 1. The number of ether oxygens (including phenoxy) is 1. The maximum absolute atomic E-state index is 13.1. The molecule has 1 aliphatic carbocycles. The summed E-state index contributed by atoms with van der Waals surface area (Å²) < 4.78 is 32.7. The molecule has 174 valence electrons. The van der Waals surface area contributed by atoms with Crippen LogP contribution in [0.25, 0.3) is 0 Å². The minimum Gasteiger partial charge on any atom is -0.452 e. The first-order valence-electron chi connectivity index (χ1n) is 10.9. The number of rotatable bonds is 6. The van der Waals surface area contributed by atoms with Crippen molar-refractivity contribution >= 4 is 38.2 Å². The van der Waals surface area contributed by atoms with Crippen LogP contribution in [0.5, 0.6) is 0 Å². The molecule has 4 rings (SSSR count). The molecule has 1 aliphatic heterocycles. The van der Waals surface area contributed by atoms with Crippen LogP contribution in [0.3, 0.4) is 0 Å². The monoisotopic (exact) mass is 487 g/mol. The van der Waals surface area contributed by atoms with Crippen LogP contribution in [0.1, 0.15) is 57.6 Å². The van der Waals surface area contributed by atoms with Crippen LogP contribution >= 0.6 is 11.3 Å². The molecule has 0 bridgehead atoms. The zero-order valence-electron chi connectivity index (χ0n) is 18.3. The highest BCUT2D eigenvalue weighted by atomic mass is 32.2. The van der Waals surface area contributed by atoms with Crippen molar-refractivity contribution in [3.63, 3.8) is 0 Å². The van der Waals surface area contributed by atoms with Crippen molar-refractivity contribution in [3.8, 4) is 6.07 Å². The van der Waals surface area contributed by atoms with E-state index in [1.54, 1.807) is 13.0 Å². The fraction of sp³-hybridized carbons (Fsp3) is 0.435. The van der Waals surface area contributed by atoms with Crippen LogP contribution in [0.15, 0.2) is 23.1 Å². The second-order valence-corrected chi connectivity index (χ2v) is 11.3. The number of amides is 1. The van der Waals surface area contributed by atoms with E-state index in [1.807, 2.05) is 0 Å². The van der Waals surface area contributed by atoms with E-state index in [2.05, 4.69) is 11.4 Å². The van der Waals surface area contributed by atoms with Crippen molar-refractivity contribution in [2.45, 2.75) is 50.3 Å². The van der Waals surface area contributed by atoms with E-state index in [4.69, 9.17) is 4.74 Å². The van der Waals surface area contributed by atoms with Gasteiger partial charge in [-0.25, -0.2) is 13.2 Å². The molecule has 1 N–H and O–H groups in total. The Morgan fingerprint density at radius 3 is 2.67 bits per heavy atom. The number of nitrogens with one attached hydrogen (secondary N) is 1. The van der Waals surface area contributed by atoms with Gasteiger partial charge in [0.15, 0.2) is 6.61 Å². The number of fused-ring (bicyclic) bond motifs is 1. The summed E-state index contributed by atoms with van der Waals surface area (Å²) in [4.78, 5) is 26.1. The summed E-state index contributed by atoms with van der Waals surface area (Å²) in [5, 5.41) is 12.6. The molecule has 0 atom stereocenters. The third-order valence-corrected chi connectivity index (χ3v) is 9.22. The molecule has 2 aromatic rings. The van der Waals surface area contributed by atoms with E-state index in [0.717, 1.165) is 49.0 Å². The van der Waals surface area contributed by atoms with Gasteiger partial charge in [0.1, 0.15) is 11.1 Å². The molecular weight excluding hydrogens is 462 g/mol. The lowest BCUT2D eigenvalue weighted by molar-refractivity contribution is -0.119. The number of nitriles is 1. The first-order chi connectivity index (χ1) is 15.8. The molecule has 1 amide bonds. The van der Waals surface area contributed by atoms with E-state index < -0.39 is 28.5 Å². The molecule has 1 fully saturated rings. The maximum atomic E-state index is 13.1. The SMILES string of the molecule is Cc1ccc(C(=O)OCC(=O)Nc2sc3c(c2C#N)CCC3)cc1S(=O)(=O)N1CCCCC1. The third-order valence-electron chi connectivity index (χ3n) is 5.98. The second kappa shape index (κ2) is 9.63. The Labute approximate surface area is 197 Å². The quantitative estimate of drug-likeness (QED) is 0.625. The standard InChI is InChI=1S/C23H25N3O5S2/c1-15-8-9-16(12-20(15)33(29,30)26-10-3-2-4-11-26)23(28)31-14-21(27)25-22-18(13-24)17-6-5-7-19(17)32-22/h8-9,12H,2-7,10-11,14H2,1H3,(H,25,27). The smallest absolute Gasteiger partial charge is 0.338 e. The van der Waals surface area contributed by atoms with Crippen LogP contribution in [-0.4, -0.2) is 44.3 Å². The highest BCUT2D eigenvalue weighted by Crippen LogP contribution is 2.38. The van der Waals surface area contributed by atoms with Crippen LogP contribution in [0.4, 0.5) is 5.00 Å².